The number of rotatable bonds is 14. The Kier molecular flexibility index (Phi) is 11.9. The molecule has 42 heavy (non-hydrogen) atoms. The molecule has 13 heteroatoms. The van der Waals surface area contributed by atoms with Crippen molar-refractivity contribution in [1.82, 2.24) is 19.8 Å². The molecule has 0 aromatic heterocycles. The number of nitrogens with two attached hydrogens (primary N) is 1. The van der Waals surface area contributed by atoms with Gasteiger partial charge in [0.25, 0.3) is 0 Å². The number of carbonyl (C=O) groups is 3. The lowest BCUT2D eigenvalue weighted by Gasteiger charge is -2.33. The molecule has 1 aliphatic rings. The molecule has 0 unspecified atom stereocenters. The number of fused-ring (bicyclic) bond motifs is 1. The third-order valence-corrected chi connectivity index (χ3v) is 8.49. The molecule has 228 valence electrons. The van der Waals surface area contributed by atoms with Crippen molar-refractivity contribution < 1.29 is 27.5 Å². The van der Waals surface area contributed by atoms with Crippen LogP contribution in [0.25, 0.3) is 10.8 Å². The smallest absolute Gasteiger partial charge is 0.307 e. The van der Waals surface area contributed by atoms with Gasteiger partial charge in [0.15, 0.2) is 5.96 Å². The van der Waals surface area contributed by atoms with Crippen LogP contribution in [-0.2, 0) is 29.1 Å². The molecule has 1 heterocycles. The van der Waals surface area contributed by atoms with E-state index >= 15 is 0 Å². The van der Waals surface area contributed by atoms with Crippen LogP contribution in [0.4, 0.5) is 0 Å². The highest BCUT2D eigenvalue weighted by Gasteiger charge is 2.32. The number of piperidine rings is 1. The molecule has 0 spiro atoms. The van der Waals surface area contributed by atoms with Gasteiger partial charge in [0.1, 0.15) is 6.04 Å². The number of amides is 2. The Bertz CT molecular complexity index is 1400. The van der Waals surface area contributed by atoms with Crippen LogP contribution in [0.15, 0.2) is 60.0 Å². The number of nitrogens with zero attached hydrogens (tertiary/aromatic N) is 2. The summed E-state index contributed by atoms with van der Waals surface area (Å²) in [5, 5.41) is 12.0. The summed E-state index contributed by atoms with van der Waals surface area (Å²) in [7, 11) is -4.22. The van der Waals surface area contributed by atoms with E-state index in [2.05, 4.69) is 16.6 Å². The minimum Gasteiger partial charge on any atom is -0.466 e. The van der Waals surface area contributed by atoms with Crippen LogP contribution >= 0.6 is 0 Å². The number of hydrogen-bond acceptors (Lipinski definition) is 7. The molecule has 3 rings (SSSR count). The van der Waals surface area contributed by atoms with Gasteiger partial charge in [-0.15, -0.1) is 6.58 Å². The van der Waals surface area contributed by atoms with Crippen molar-refractivity contribution in [2.45, 2.75) is 43.5 Å². The summed E-state index contributed by atoms with van der Waals surface area (Å²) in [6.07, 6.45) is 2.56. The van der Waals surface area contributed by atoms with Gasteiger partial charge in [0.05, 0.1) is 24.3 Å². The first-order chi connectivity index (χ1) is 20.0. The maximum absolute atomic E-state index is 13.7. The number of likely N-dealkylation sites (tertiary alicyclic amines) is 1. The zero-order valence-corrected chi connectivity index (χ0v) is 24.7. The fourth-order valence-corrected chi connectivity index (χ4v) is 6.09. The van der Waals surface area contributed by atoms with E-state index in [9.17, 15) is 22.8 Å². The van der Waals surface area contributed by atoms with E-state index in [0.717, 1.165) is 18.2 Å². The molecule has 2 amide bonds. The molecule has 0 saturated carbocycles. The predicted molar refractivity (Wildman–Crippen MR) is 160 cm³/mol. The van der Waals surface area contributed by atoms with Gasteiger partial charge in [-0.1, -0.05) is 36.4 Å². The van der Waals surface area contributed by atoms with Crippen LogP contribution in [0.3, 0.4) is 0 Å². The fraction of sp³-hybridized carbons (Fsp3) is 0.448. The number of nitrogens with one attached hydrogen (secondary N) is 3. The average molecular weight is 601 g/mol. The van der Waals surface area contributed by atoms with Crippen LogP contribution in [0.1, 0.15) is 32.6 Å². The second-order valence-corrected chi connectivity index (χ2v) is 11.9. The number of guanidine groups is 1. The Morgan fingerprint density at radius 1 is 1.24 bits per heavy atom. The maximum Gasteiger partial charge on any atom is 0.307 e. The van der Waals surface area contributed by atoms with E-state index < -0.39 is 40.3 Å². The van der Waals surface area contributed by atoms with Crippen LogP contribution in [-0.4, -0.2) is 87.3 Å². The lowest BCUT2D eigenvalue weighted by molar-refractivity contribution is -0.144. The van der Waals surface area contributed by atoms with Gasteiger partial charge in [-0.25, -0.2) is 8.42 Å². The standard InChI is InChI=1S/C29H40N6O6S/c1-3-14-34(16-13-27(37)41-4-2)28(38)25(18-26(36)32-19-21-8-7-15-35(20-21)29(30)31)33-42(39,40)24-12-11-22-9-5-6-10-23(22)17-24/h3,5-6,9-12,17,21,25,33H,1,4,7-8,13-16,18-20H2,2H3,(H3,30,31)(H,32,36)/t21-,25-/m0/s1. The largest absolute Gasteiger partial charge is 0.466 e. The van der Waals surface area contributed by atoms with E-state index in [4.69, 9.17) is 15.9 Å². The highest BCUT2D eigenvalue weighted by molar-refractivity contribution is 7.89. The molecule has 1 aliphatic heterocycles. The van der Waals surface area contributed by atoms with E-state index in [1.807, 2.05) is 12.1 Å². The van der Waals surface area contributed by atoms with Gasteiger partial charge in [0, 0.05) is 32.7 Å². The average Bonchev–Trinajstić information content (AvgIpc) is 2.97. The normalized spacial score (nSPS) is 15.9. The quantitative estimate of drug-likeness (QED) is 0.109. The van der Waals surface area contributed by atoms with Crippen molar-refractivity contribution in [3.05, 3.63) is 55.1 Å². The molecule has 1 saturated heterocycles. The summed E-state index contributed by atoms with van der Waals surface area (Å²) >= 11 is 0. The molecule has 5 N–H and O–H groups in total. The maximum atomic E-state index is 13.7. The summed E-state index contributed by atoms with van der Waals surface area (Å²) in [6, 6.07) is 10.5. The lowest BCUT2D eigenvalue weighted by atomic mass is 9.98. The minimum absolute atomic E-state index is 0.0232. The Hall–Kier alpha value is -3.97. The summed E-state index contributed by atoms with van der Waals surface area (Å²) in [5.74, 6) is -1.66. The fourth-order valence-electron chi connectivity index (χ4n) is 4.86. The lowest BCUT2D eigenvalue weighted by Crippen LogP contribution is -2.51. The summed E-state index contributed by atoms with van der Waals surface area (Å²) < 4.78 is 34.3. The highest BCUT2D eigenvalue weighted by atomic mass is 32.2. The van der Waals surface area contributed by atoms with E-state index in [0.29, 0.717) is 25.0 Å². The van der Waals surface area contributed by atoms with Gasteiger partial charge < -0.3 is 25.6 Å². The summed E-state index contributed by atoms with van der Waals surface area (Å²) in [6.45, 7) is 7.01. The van der Waals surface area contributed by atoms with E-state index in [1.165, 1.54) is 23.1 Å². The van der Waals surface area contributed by atoms with Gasteiger partial charge in [-0.3, -0.25) is 19.8 Å². The molecular formula is C29H40N6O6S. The first kappa shape index (κ1) is 32.5. The summed E-state index contributed by atoms with van der Waals surface area (Å²) in [5.41, 5.74) is 5.61. The molecular weight excluding hydrogens is 560 g/mol. The Morgan fingerprint density at radius 2 is 1.98 bits per heavy atom. The van der Waals surface area contributed by atoms with Crippen molar-refractivity contribution >= 4 is 44.5 Å². The van der Waals surface area contributed by atoms with E-state index in [-0.39, 0.29) is 42.9 Å². The first-order valence-electron chi connectivity index (χ1n) is 14.0. The number of carbonyl (C=O) groups excluding carboxylic acids is 3. The zero-order valence-electron chi connectivity index (χ0n) is 23.9. The number of benzene rings is 2. The number of esters is 1. The van der Waals surface area contributed by atoms with Gasteiger partial charge >= 0.3 is 5.97 Å². The highest BCUT2D eigenvalue weighted by Crippen LogP contribution is 2.20. The molecule has 2 aromatic carbocycles. The molecule has 2 atom stereocenters. The number of ether oxygens (including phenoxy) is 1. The predicted octanol–water partition coefficient (Wildman–Crippen LogP) is 1.57. The van der Waals surface area contributed by atoms with Crippen molar-refractivity contribution in [2.24, 2.45) is 11.7 Å². The number of hydrogen-bond donors (Lipinski definition) is 4. The van der Waals surface area contributed by atoms with Crippen molar-refractivity contribution in [3.63, 3.8) is 0 Å². The van der Waals surface area contributed by atoms with Gasteiger partial charge in [0.2, 0.25) is 21.8 Å². The molecule has 0 radical (unpaired) electrons. The summed E-state index contributed by atoms with van der Waals surface area (Å²) in [4.78, 5) is 41.6. The van der Waals surface area contributed by atoms with Crippen LogP contribution in [0, 0.1) is 11.3 Å². The zero-order chi connectivity index (χ0) is 30.7. The third-order valence-electron chi connectivity index (χ3n) is 7.02. The van der Waals surface area contributed by atoms with Gasteiger partial charge in [-0.2, -0.15) is 4.72 Å². The van der Waals surface area contributed by atoms with Crippen LogP contribution in [0.5, 0.6) is 0 Å². The third kappa shape index (κ3) is 9.28. The molecule has 12 nitrogen and oxygen atoms in total. The number of sulfonamides is 1. The van der Waals surface area contributed by atoms with Crippen molar-refractivity contribution in [3.8, 4) is 0 Å². The van der Waals surface area contributed by atoms with E-state index in [1.54, 1.807) is 30.0 Å². The van der Waals surface area contributed by atoms with Crippen molar-refractivity contribution in [2.75, 3.05) is 39.3 Å². The molecule has 0 aliphatic carbocycles. The van der Waals surface area contributed by atoms with Crippen LogP contribution < -0.4 is 15.8 Å². The Morgan fingerprint density at radius 3 is 2.67 bits per heavy atom. The molecule has 0 bridgehead atoms. The van der Waals surface area contributed by atoms with Crippen LogP contribution in [0.2, 0.25) is 0 Å². The topological polar surface area (TPSA) is 175 Å². The van der Waals surface area contributed by atoms with Gasteiger partial charge in [-0.05, 0) is 48.6 Å². The SMILES string of the molecule is C=CCN(CCC(=O)OCC)C(=O)[C@H](CC(=O)NC[C@@H]1CCCN(C(=N)N)C1)NS(=O)(=O)c1ccc2ccccc2c1. The Labute approximate surface area is 246 Å². The Balaban J connectivity index is 1.79. The monoisotopic (exact) mass is 600 g/mol. The molecule has 1 fully saturated rings. The first-order valence-corrected chi connectivity index (χ1v) is 15.4. The molecule has 2 aromatic rings. The second kappa shape index (κ2) is 15.3. The minimum atomic E-state index is -4.22. The van der Waals surface area contributed by atoms with Crippen molar-refractivity contribution in [1.29, 1.82) is 5.41 Å². The second-order valence-electron chi connectivity index (χ2n) is 10.2.